The van der Waals surface area contributed by atoms with E-state index in [1.807, 2.05) is 24.3 Å². The lowest BCUT2D eigenvalue weighted by molar-refractivity contribution is 0.475. The van der Waals surface area contributed by atoms with E-state index < -0.39 is 0 Å². The smallest absolute Gasteiger partial charge is 0.115 e. The van der Waals surface area contributed by atoms with E-state index in [-0.39, 0.29) is 5.75 Å². The summed E-state index contributed by atoms with van der Waals surface area (Å²) in [5.41, 5.74) is 1.84. The molecule has 0 aliphatic carbocycles. The Hall–Kier alpha value is -1.83. The maximum atomic E-state index is 9.08. The molecule has 2 rings (SSSR count). The van der Waals surface area contributed by atoms with Crippen LogP contribution in [0.3, 0.4) is 0 Å². The van der Waals surface area contributed by atoms with Crippen molar-refractivity contribution in [1.29, 1.82) is 0 Å². The van der Waals surface area contributed by atoms with Crippen LogP contribution in [-0.2, 0) is 0 Å². The van der Waals surface area contributed by atoms with Crippen molar-refractivity contribution in [2.24, 2.45) is 0 Å². The number of phenolic OH excluding ortho intramolecular Hbond substituents is 1. The Morgan fingerprint density at radius 1 is 1.08 bits per heavy atom. The van der Waals surface area contributed by atoms with E-state index in [9.17, 15) is 0 Å². The quantitative estimate of drug-likeness (QED) is 0.712. The molecule has 0 saturated heterocycles. The number of benzene rings is 1. The molecule has 1 radical (unpaired) electrons. The van der Waals surface area contributed by atoms with Crippen molar-refractivity contribution in [1.82, 2.24) is 4.98 Å². The normalized spacial score (nSPS) is 9.85. The highest BCUT2D eigenvalue weighted by atomic mass is 16.3. The average Bonchev–Trinajstić information content (AvgIpc) is 2.20. The number of aromatic nitrogens is 1. The summed E-state index contributed by atoms with van der Waals surface area (Å²) in [4.78, 5) is 4.07. The van der Waals surface area contributed by atoms with E-state index in [0.29, 0.717) is 0 Å². The summed E-state index contributed by atoms with van der Waals surface area (Å²) >= 11 is 0. The Kier molecular flexibility index (Phi) is 1.96. The number of nitrogens with zero attached hydrogens (tertiary/aromatic N) is 1. The van der Waals surface area contributed by atoms with Crippen molar-refractivity contribution in [2.75, 3.05) is 0 Å². The highest BCUT2D eigenvalue weighted by molar-refractivity contribution is 5.59. The first-order valence-electron chi connectivity index (χ1n) is 3.99. The van der Waals surface area contributed by atoms with E-state index in [0.717, 1.165) is 11.3 Å². The molecule has 63 valence electrons. The molecule has 0 unspecified atom stereocenters. The first-order chi connectivity index (χ1) is 6.36. The zero-order chi connectivity index (χ0) is 9.10. The highest BCUT2D eigenvalue weighted by Gasteiger charge is 1.96. The van der Waals surface area contributed by atoms with Crippen LogP contribution in [0.25, 0.3) is 11.3 Å². The number of rotatable bonds is 1. The van der Waals surface area contributed by atoms with Crippen LogP contribution in [0.4, 0.5) is 0 Å². The van der Waals surface area contributed by atoms with E-state index >= 15 is 0 Å². The van der Waals surface area contributed by atoms with Crippen molar-refractivity contribution in [3.8, 4) is 17.0 Å². The molecule has 0 atom stereocenters. The molecule has 0 aliphatic rings. The summed E-state index contributed by atoms with van der Waals surface area (Å²) in [6.45, 7) is 0. The Morgan fingerprint density at radius 2 is 1.85 bits per heavy atom. The minimum absolute atomic E-state index is 0.267. The van der Waals surface area contributed by atoms with Crippen molar-refractivity contribution >= 4 is 0 Å². The lowest BCUT2D eigenvalue weighted by atomic mass is 10.1. The zero-order valence-corrected chi connectivity index (χ0v) is 6.94. The third-order valence-corrected chi connectivity index (χ3v) is 1.77. The molecule has 1 aromatic heterocycles. The number of phenols is 1. The largest absolute Gasteiger partial charge is 0.508 e. The molecule has 1 N–H and O–H groups in total. The second kappa shape index (κ2) is 3.27. The third kappa shape index (κ3) is 1.67. The monoisotopic (exact) mass is 170 g/mol. The van der Waals surface area contributed by atoms with Gasteiger partial charge in [-0.15, -0.1) is 0 Å². The van der Waals surface area contributed by atoms with Crippen molar-refractivity contribution in [3.05, 3.63) is 48.7 Å². The molecule has 0 fully saturated rings. The fraction of sp³-hybridized carbons (Fsp3) is 0. The highest BCUT2D eigenvalue weighted by Crippen LogP contribution is 2.18. The van der Waals surface area contributed by atoms with Crippen molar-refractivity contribution in [2.45, 2.75) is 0 Å². The second-order valence-corrected chi connectivity index (χ2v) is 2.70. The maximum absolute atomic E-state index is 9.08. The second-order valence-electron chi connectivity index (χ2n) is 2.70. The predicted octanol–water partition coefficient (Wildman–Crippen LogP) is 2.25. The van der Waals surface area contributed by atoms with Crippen LogP contribution < -0.4 is 0 Å². The predicted molar refractivity (Wildman–Crippen MR) is 50.2 cm³/mol. The molecule has 0 amide bonds. The molecule has 1 aromatic carbocycles. The molecule has 0 spiro atoms. The van der Waals surface area contributed by atoms with Gasteiger partial charge in [0.2, 0.25) is 0 Å². The van der Waals surface area contributed by atoms with Gasteiger partial charge >= 0.3 is 0 Å². The van der Waals surface area contributed by atoms with Crippen LogP contribution >= 0.6 is 0 Å². The van der Waals surface area contributed by atoms with Crippen LogP contribution in [0, 0.1) is 6.20 Å². The van der Waals surface area contributed by atoms with Crippen LogP contribution in [0.5, 0.6) is 5.75 Å². The first-order valence-corrected chi connectivity index (χ1v) is 3.99. The van der Waals surface area contributed by atoms with Gasteiger partial charge in [-0.05, 0) is 36.4 Å². The van der Waals surface area contributed by atoms with Gasteiger partial charge in [-0.1, -0.05) is 6.07 Å². The number of hydrogen-bond donors (Lipinski definition) is 1. The molecular formula is C11H8NO. The average molecular weight is 170 g/mol. The Labute approximate surface area is 76.5 Å². The molecule has 13 heavy (non-hydrogen) atoms. The summed E-state index contributed by atoms with van der Waals surface area (Å²) in [7, 11) is 0. The fourth-order valence-electron chi connectivity index (χ4n) is 1.12. The van der Waals surface area contributed by atoms with Crippen LogP contribution in [-0.4, -0.2) is 10.1 Å². The Bertz CT molecular complexity index is 381. The standard InChI is InChI=1S/C11H8NO/c13-10-6-4-9(5-7-10)11-3-1-2-8-12-11/h1-7,13H. The lowest BCUT2D eigenvalue weighted by Gasteiger charge is -1.98. The molecule has 0 bridgehead atoms. The van der Waals surface area contributed by atoms with E-state index in [2.05, 4.69) is 11.2 Å². The molecule has 2 nitrogen and oxygen atoms in total. The third-order valence-electron chi connectivity index (χ3n) is 1.77. The summed E-state index contributed by atoms with van der Waals surface area (Å²) in [6.07, 6.45) is 2.76. The maximum Gasteiger partial charge on any atom is 0.115 e. The molecule has 2 aromatic rings. The Balaban J connectivity index is 2.42. The van der Waals surface area contributed by atoms with Crippen molar-refractivity contribution < 1.29 is 5.11 Å². The van der Waals surface area contributed by atoms with Gasteiger partial charge in [-0.2, -0.15) is 0 Å². The summed E-state index contributed by atoms with van der Waals surface area (Å²) < 4.78 is 0. The topological polar surface area (TPSA) is 33.1 Å². The summed E-state index contributed by atoms with van der Waals surface area (Å²) in [5.74, 6) is 0.267. The van der Waals surface area contributed by atoms with Gasteiger partial charge < -0.3 is 5.11 Å². The van der Waals surface area contributed by atoms with E-state index in [4.69, 9.17) is 5.11 Å². The molecule has 2 heteroatoms. The van der Waals surface area contributed by atoms with Crippen LogP contribution in [0.1, 0.15) is 0 Å². The van der Waals surface area contributed by atoms with E-state index in [1.165, 1.54) is 0 Å². The van der Waals surface area contributed by atoms with Crippen molar-refractivity contribution in [3.63, 3.8) is 0 Å². The Morgan fingerprint density at radius 3 is 2.46 bits per heavy atom. The number of pyridine rings is 1. The molecule has 0 saturated carbocycles. The fourth-order valence-corrected chi connectivity index (χ4v) is 1.12. The molecule has 1 heterocycles. The van der Waals surface area contributed by atoms with Gasteiger partial charge in [-0.3, -0.25) is 0 Å². The molecular weight excluding hydrogens is 162 g/mol. The van der Waals surface area contributed by atoms with E-state index in [1.54, 1.807) is 18.2 Å². The lowest BCUT2D eigenvalue weighted by Crippen LogP contribution is -1.80. The summed E-state index contributed by atoms with van der Waals surface area (Å²) in [5, 5.41) is 9.08. The minimum atomic E-state index is 0.267. The zero-order valence-electron chi connectivity index (χ0n) is 6.94. The van der Waals surface area contributed by atoms with Crippen LogP contribution in [0.2, 0.25) is 0 Å². The minimum Gasteiger partial charge on any atom is -0.508 e. The van der Waals surface area contributed by atoms with Crippen LogP contribution in [0.15, 0.2) is 42.5 Å². The number of hydrogen-bond acceptors (Lipinski definition) is 2. The van der Waals surface area contributed by atoms with Gasteiger partial charge in [0.1, 0.15) is 5.75 Å². The number of aromatic hydroxyl groups is 1. The van der Waals surface area contributed by atoms with Gasteiger partial charge in [0.15, 0.2) is 0 Å². The van der Waals surface area contributed by atoms with Gasteiger partial charge in [0, 0.05) is 5.56 Å². The SMILES string of the molecule is Oc1ccc(-c2ccc[c]n2)cc1. The molecule has 0 aliphatic heterocycles. The van der Waals surface area contributed by atoms with Gasteiger partial charge in [0.25, 0.3) is 0 Å². The summed E-state index contributed by atoms with van der Waals surface area (Å²) in [6, 6.07) is 12.5. The van der Waals surface area contributed by atoms with Gasteiger partial charge in [0.05, 0.1) is 11.9 Å². The van der Waals surface area contributed by atoms with Gasteiger partial charge in [-0.25, -0.2) is 4.98 Å². The first kappa shape index (κ1) is 7.80.